The summed E-state index contributed by atoms with van der Waals surface area (Å²) in [4.78, 5) is 28.7. The number of ether oxygens (including phenoxy) is 1. The van der Waals surface area contributed by atoms with Crippen LogP contribution in [0.5, 0.6) is 0 Å². The van der Waals surface area contributed by atoms with Crippen molar-refractivity contribution in [3.63, 3.8) is 0 Å². The molecule has 23 heavy (non-hydrogen) atoms. The number of hydrogen-bond acceptors (Lipinski definition) is 3. The van der Waals surface area contributed by atoms with Crippen LogP contribution in [0.2, 0.25) is 0 Å². The molecule has 2 unspecified atom stereocenters. The number of hydrogen-bond donors (Lipinski definition) is 0. The van der Waals surface area contributed by atoms with Crippen molar-refractivity contribution in [3.05, 3.63) is 42.5 Å². The van der Waals surface area contributed by atoms with Gasteiger partial charge in [-0.05, 0) is 17.9 Å². The minimum absolute atomic E-state index is 0.0421. The largest absolute Gasteiger partial charge is 0.381 e. The molecule has 0 saturated carbocycles. The Morgan fingerprint density at radius 2 is 1.87 bits per heavy atom. The molecule has 2 aliphatic heterocycles. The Bertz CT molecular complexity index is 783. The lowest BCUT2D eigenvalue weighted by atomic mass is 10.0. The maximum atomic E-state index is 12.9. The van der Waals surface area contributed by atoms with Crippen LogP contribution in [0.1, 0.15) is 12.8 Å². The van der Waals surface area contributed by atoms with Gasteiger partial charge in [0, 0.05) is 25.5 Å². The van der Waals surface area contributed by atoms with E-state index in [2.05, 4.69) is 0 Å². The van der Waals surface area contributed by atoms with E-state index >= 15 is 0 Å². The number of benzene rings is 2. The van der Waals surface area contributed by atoms with Gasteiger partial charge >= 0.3 is 6.03 Å². The first-order valence-electron chi connectivity index (χ1n) is 7.86. The van der Waals surface area contributed by atoms with Gasteiger partial charge in [-0.3, -0.25) is 4.79 Å². The third kappa shape index (κ3) is 2.11. The summed E-state index contributed by atoms with van der Waals surface area (Å²) in [6, 6.07) is 12.9. The second-order valence-electron chi connectivity index (χ2n) is 6.05. The summed E-state index contributed by atoms with van der Waals surface area (Å²) in [5.41, 5.74) is 0.668. The first-order chi connectivity index (χ1) is 11.2. The number of methoxy groups -OCH3 is 1. The van der Waals surface area contributed by atoms with Gasteiger partial charge < -0.3 is 9.64 Å². The van der Waals surface area contributed by atoms with E-state index in [-0.39, 0.29) is 18.0 Å². The average Bonchev–Trinajstić information content (AvgIpc) is 2.85. The highest BCUT2D eigenvalue weighted by atomic mass is 16.5. The summed E-state index contributed by atoms with van der Waals surface area (Å²) in [5, 5.41) is 1.94. The topological polar surface area (TPSA) is 49.9 Å². The Kier molecular flexibility index (Phi) is 3.31. The Morgan fingerprint density at radius 3 is 2.70 bits per heavy atom. The van der Waals surface area contributed by atoms with E-state index in [1.807, 2.05) is 42.5 Å². The van der Waals surface area contributed by atoms with E-state index in [4.69, 9.17) is 4.74 Å². The molecule has 2 aromatic carbocycles. The predicted octanol–water partition coefficient (Wildman–Crippen LogP) is 2.79. The fourth-order valence-corrected chi connectivity index (χ4v) is 3.61. The molecule has 2 fully saturated rings. The summed E-state index contributed by atoms with van der Waals surface area (Å²) in [5.74, 6) is -0.145. The zero-order chi connectivity index (χ0) is 16.0. The van der Waals surface area contributed by atoms with Crippen molar-refractivity contribution in [1.82, 2.24) is 4.90 Å². The Morgan fingerprint density at radius 1 is 1.09 bits per heavy atom. The molecule has 5 nitrogen and oxygen atoms in total. The van der Waals surface area contributed by atoms with E-state index < -0.39 is 6.04 Å². The molecule has 0 radical (unpaired) electrons. The Balaban J connectivity index is 1.77. The predicted molar refractivity (Wildman–Crippen MR) is 87.4 cm³/mol. The minimum atomic E-state index is -0.403. The number of urea groups is 1. The zero-order valence-electron chi connectivity index (χ0n) is 12.9. The van der Waals surface area contributed by atoms with Gasteiger partial charge in [0.05, 0.1) is 11.8 Å². The smallest absolute Gasteiger partial charge is 0.332 e. The van der Waals surface area contributed by atoms with Crippen LogP contribution >= 0.6 is 0 Å². The standard InChI is InChI=1S/C18H18N2O3/c1-23-13-9-10-19-16(11-13)17(21)20(18(19)22)15-8-4-6-12-5-2-3-7-14(12)15/h2-8,13,16H,9-11H2,1H3. The van der Waals surface area contributed by atoms with E-state index in [1.165, 1.54) is 4.90 Å². The van der Waals surface area contributed by atoms with Crippen molar-refractivity contribution in [1.29, 1.82) is 0 Å². The van der Waals surface area contributed by atoms with Crippen molar-refractivity contribution < 1.29 is 14.3 Å². The first-order valence-corrected chi connectivity index (χ1v) is 7.86. The van der Waals surface area contributed by atoms with Crippen LogP contribution in [-0.2, 0) is 9.53 Å². The van der Waals surface area contributed by atoms with Gasteiger partial charge in [0.2, 0.25) is 0 Å². The molecule has 2 saturated heterocycles. The highest BCUT2D eigenvalue weighted by molar-refractivity contribution is 6.24. The van der Waals surface area contributed by atoms with Crippen molar-refractivity contribution in [2.24, 2.45) is 0 Å². The van der Waals surface area contributed by atoms with Crippen molar-refractivity contribution in [3.8, 4) is 0 Å². The monoisotopic (exact) mass is 310 g/mol. The Labute approximate surface area is 134 Å². The molecule has 0 aliphatic carbocycles. The number of imide groups is 1. The number of fused-ring (bicyclic) bond motifs is 2. The van der Waals surface area contributed by atoms with E-state index in [0.29, 0.717) is 18.7 Å². The van der Waals surface area contributed by atoms with Gasteiger partial charge in [-0.15, -0.1) is 0 Å². The maximum absolute atomic E-state index is 12.9. The quantitative estimate of drug-likeness (QED) is 0.802. The van der Waals surface area contributed by atoms with Crippen molar-refractivity contribution in [2.45, 2.75) is 25.0 Å². The van der Waals surface area contributed by atoms with Crippen LogP contribution < -0.4 is 4.90 Å². The number of anilines is 1. The SMILES string of the molecule is COC1CCN2C(=O)N(c3cccc4ccccc34)C(=O)C2C1. The van der Waals surface area contributed by atoms with Gasteiger partial charge in [0.1, 0.15) is 6.04 Å². The van der Waals surface area contributed by atoms with Crippen LogP contribution in [0, 0.1) is 0 Å². The number of rotatable bonds is 2. The number of carbonyl (C=O) groups is 2. The molecule has 0 bridgehead atoms. The molecule has 2 aliphatic rings. The van der Waals surface area contributed by atoms with Crippen LogP contribution in [0.3, 0.4) is 0 Å². The third-order valence-electron chi connectivity index (χ3n) is 4.84. The molecule has 0 N–H and O–H groups in total. The van der Waals surface area contributed by atoms with Crippen molar-refractivity contribution >= 4 is 28.4 Å². The third-order valence-corrected chi connectivity index (χ3v) is 4.84. The summed E-state index contributed by atoms with van der Waals surface area (Å²) in [7, 11) is 1.66. The second-order valence-corrected chi connectivity index (χ2v) is 6.05. The summed E-state index contributed by atoms with van der Waals surface area (Å²) in [6.07, 6.45) is 1.39. The Hall–Kier alpha value is -2.40. The molecule has 2 aromatic rings. The molecule has 2 heterocycles. The fraction of sp³-hybridized carbons (Fsp3) is 0.333. The molecule has 4 rings (SSSR count). The summed E-state index contributed by atoms with van der Waals surface area (Å²) < 4.78 is 5.39. The lowest BCUT2D eigenvalue weighted by molar-refractivity contribution is -0.121. The van der Waals surface area contributed by atoms with Crippen molar-refractivity contribution in [2.75, 3.05) is 18.6 Å². The van der Waals surface area contributed by atoms with Gasteiger partial charge in [0.25, 0.3) is 5.91 Å². The minimum Gasteiger partial charge on any atom is -0.381 e. The van der Waals surface area contributed by atoms with Crippen LogP contribution in [0.4, 0.5) is 10.5 Å². The number of amides is 3. The molecular formula is C18H18N2O3. The summed E-state index contributed by atoms with van der Waals surface area (Å²) >= 11 is 0. The van der Waals surface area contributed by atoms with E-state index in [1.54, 1.807) is 12.0 Å². The normalized spacial score (nSPS) is 24.4. The fourth-order valence-electron chi connectivity index (χ4n) is 3.61. The lowest BCUT2D eigenvalue weighted by Crippen LogP contribution is -2.44. The van der Waals surface area contributed by atoms with E-state index in [9.17, 15) is 9.59 Å². The number of carbonyl (C=O) groups excluding carboxylic acids is 2. The van der Waals surface area contributed by atoms with E-state index in [0.717, 1.165) is 17.2 Å². The molecule has 5 heteroatoms. The molecule has 0 spiro atoms. The lowest BCUT2D eigenvalue weighted by Gasteiger charge is -2.31. The van der Waals surface area contributed by atoms with Gasteiger partial charge in [0.15, 0.2) is 0 Å². The van der Waals surface area contributed by atoms with Crippen LogP contribution in [-0.4, -0.2) is 42.6 Å². The molecule has 3 amide bonds. The molecule has 0 aromatic heterocycles. The second kappa shape index (κ2) is 5.35. The highest BCUT2D eigenvalue weighted by Gasteiger charge is 2.48. The number of piperidine rings is 1. The maximum Gasteiger partial charge on any atom is 0.332 e. The molecular weight excluding hydrogens is 292 g/mol. The summed E-state index contributed by atoms with van der Waals surface area (Å²) in [6.45, 7) is 0.564. The van der Waals surface area contributed by atoms with Gasteiger partial charge in [-0.25, -0.2) is 9.69 Å². The van der Waals surface area contributed by atoms with Gasteiger partial charge in [-0.1, -0.05) is 36.4 Å². The van der Waals surface area contributed by atoms with Crippen LogP contribution in [0.25, 0.3) is 10.8 Å². The van der Waals surface area contributed by atoms with Gasteiger partial charge in [-0.2, -0.15) is 0 Å². The van der Waals surface area contributed by atoms with Crippen LogP contribution in [0.15, 0.2) is 42.5 Å². The zero-order valence-corrected chi connectivity index (χ0v) is 12.9. The average molecular weight is 310 g/mol. The molecule has 2 atom stereocenters. The first kappa shape index (κ1) is 14.2. The number of nitrogens with zero attached hydrogens (tertiary/aromatic N) is 2. The highest BCUT2D eigenvalue weighted by Crippen LogP contribution is 2.35. The molecule has 118 valence electrons.